The Bertz CT molecular complexity index is 351. The van der Waals surface area contributed by atoms with E-state index < -0.39 is 23.3 Å². The Morgan fingerprint density at radius 1 is 1.21 bits per heavy atom. The number of nitrogens with one attached hydrogen (secondary N) is 1. The number of aliphatic hydroxyl groups is 1. The SMILES string of the molecule is O=C(O)[C@H]1CCC[C@H]1C(=O)NC1(CO)CCOCC1. The summed E-state index contributed by atoms with van der Waals surface area (Å²) in [5, 5.41) is 21.5. The molecule has 0 unspecified atom stereocenters. The van der Waals surface area contributed by atoms with Crippen molar-refractivity contribution in [2.45, 2.75) is 37.6 Å². The predicted octanol–water partition coefficient (Wildman–Crippen LogP) is 0.145. The number of hydrogen-bond donors (Lipinski definition) is 3. The van der Waals surface area contributed by atoms with E-state index in [1.54, 1.807) is 0 Å². The Hall–Kier alpha value is -1.14. The van der Waals surface area contributed by atoms with Crippen LogP contribution in [0.25, 0.3) is 0 Å². The molecule has 0 aromatic rings. The van der Waals surface area contributed by atoms with Gasteiger partial charge in [0.1, 0.15) is 0 Å². The summed E-state index contributed by atoms with van der Waals surface area (Å²) >= 11 is 0. The van der Waals surface area contributed by atoms with E-state index in [0.717, 1.165) is 6.42 Å². The molecule has 19 heavy (non-hydrogen) atoms. The van der Waals surface area contributed by atoms with E-state index in [-0.39, 0.29) is 12.5 Å². The van der Waals surface area contributed by atoms with Gasteiger partial charge >= 0.3 is 5.97 Å². The lowest BCUT2D eigenvalue weighted by Crippen LogP contribution is -2.56. The van der Waals surface area contributed by atoms with Gasteiger partial charge < -0.3 is 20.3 Å². The fourth-order valence-electron chi connectivity index (χ4n) is 3.01. The zero-order chi connectivity index (χ0) is 13.9. The van der Waals surface area contributed by atoms with Gasteiger partial charge in [-0.1, -0.05) is 6.42 Å². The number of amides is 1. The summed E-state index contributed by atoms with van der Waals surface area (Å²) in [7, 11) is 0. The summed E-state index contributed by atoms with van der Waals surface area (Å²) in [5.41, 5.74) is -0.638. The number of hydrogen-bond acceptors (Lipinski definition) is 4. The maximum atomic E-state index is 12.3. The first-order chi connectivity index (χ1) is 9.08. The first-order valence-corrected chi connectivity index (χ1v) is 6.81. The normalized spacial score (nSPS) is 29.9. The monoisotopic (exact) mass is 271 g/mol. The summed E-state index contributed by atoms with van der Waals surface area (Å²) in [5.74, 6) is -2.19. The van der Waals surface area contributed by atoms with Crippen LogP contribution in [-0.4, -0.2) is 47.4 Å². The molecular formula is C13H21NO5. The lowest BCUT2D eigenvalue weighted by Gasteiger charge is -2.37. The third kappa shape index (κ3) is 3.06. The number of carbonyl (C=O) groups is 2. The van der Waals surface area contributed by atoms with E-state index in [9.17, 15) is 14.7 Å². The van der Waals surface area contributed by atoms with Crippen molar-refractivity contribution in [1.29, 1.82) is 0 Å². The highest BCUT2D eigenvalue weighted by molar-refractivity contribution is 5.85. The maximum Gasteiger partial charge on any atom is 0.307 e. The van der Waals surface area contributed by atoms with Gasteiger partial charge in [0.05, 0.1) is 24.0 Å². The number of carboxylic acids is 1. The molecule has 1 amide bonds. The van der Waals surface area contributed by atoms with Gasteiger partial charge in [-0.05, 0) is 25.7 Å². The molecule has 3 N–H and O–H groups in total. The van der Waals surface area contributed by atoms with Gasteiger partial charge in [0.15, 0.2) is 0 Å². The zero-order valence-corrected chi connectivity index (χ0v) is 10.9. The minimum atomic E-state index is -0.900. The molecule has 1 aliphatic carbocycles. The predicted molar refractivity (Wildman–Crippen MR) is 66.5 cm³/mol. The minimum absolute atomic E-state index is 0.132. The molecule has 1 aliphatic heterocycles. The van der Waals surface area contributed by atoms with Crippen molar-refractivity contribution in [3.8, 4) is 0 Å². The molecule has 6 heteroatoms. The first kappa shape index (κ1) is 14.3. The van der Waals surface area contributed by atoms with E-state index in [4.69, 9.17) is 9.84 Å². The highest BCUT2D eigenvalue weighted by Crippen LogP contribution is 2.33. The van der Waals surface area contributed by atoms with Gasteiger partial charge in [-0.2, -0.15) is 0 Å². The van der Waals surface area contributed by atoms with Crippen LogP contribution in [0.3, 0.4) is 0 Å². The second kappa shape index (κ2) is 5.88. The molecule has 0 bridgehead atoms. The van der Waals surface area contributed by atoms with Crippen molar-refractivity contribution in [2.24, 2.45) is 11.8 Å². The highest BCUT2D eigenvalue weighted by Gasteiger charge is 2.41. The molecule has 1 heterocycles. The van der Waals surface area contributed by atoms with Crippen molar-refractivity contribution in [3.05, 3.63) is 0 Å². The average molecular weight is 271 g/mol. The zero-order valence-electron chi connectivity index (χ0n) is 10.9. The molecule has 0 aromatic heterocycles. The fourth-order valence-corrected chi connectivity index (χ4v) is 3.01. The molecule has 2 rings (SSSR count). The van der Waals surface area contributed by atoms with Crippen LogP contribution in [-0.2, 0) is 14.3 Å². The van der Waals surface area contributed by atoms with Gasteiger partial charge in [0, 0.05) is 13.2 Å². The fraction of sp³-hybridized carbons (Fsp3) is 0.846. The number of aliphatic hydroxyl groups excluding tert-OH is 1. The molecule has 0 radical (unpaired) electrons. The molecular weight excluding hydrogens is 250 g/mol. The molecule has 0 aromatic carbocycles. The molecule has 2 aliphatic rings. The minimum Gasteiger partial charge on any atom is -0.481 e. The second-order valence-corrected chi connectivity index (χ2v) is 5.52. The van der Waals surface area contributed by atoms with Crippen LogP contribution in [0.2, 0.25) is 0 Å². The number of ether oxygens (including phenoxy) is 1. The van der Waals surface area contributed by atoms with E-state index in [1.807, 2.05) is 0 Å². The van der Waals surface area contributed by atoms with Crippen LogP contribution < -0.4 is 5.32 Å². The Kier molecular flexibility index (Phi) is 4.42. The van der Waals surface area contributed by atoms with Gasteiger partial charge in [-0.3, -0.25) is 9.59 Å². The van der Waals surface area contributed by atoms with E-state index in [1.165, 1.54) is 0 Å². The Balaban J connectivity index is 2.01. The molecule has 1 saturated carbocycles. The smallest absolute Gasteiger partial charge is 0.307 e. The van der Waals surface area contributed by atoms with Crippen molar-refractivity contribution >= 4 is 11.9 Å². The number of carboxylic acid groups (broad SMARTS) is 1. The van der Waals surface area contributed by atoms with Crippen molar-refractivity contribution in [1.82, 2.24) is 5.32 Å². The van der Waals surface area contributed by atoms with Gasteiger partial charge in [0.2, 0.25) is 5.91 Å². The summed E-state index contributed by atoms with van der Waals surface area (Å²) in [6.07, 6.45) is 3.08. The number of aliphatic carboxylic acids is 1. The third-order valence-corrected chi connectivity index (χ3v) is 4.31. The van der Waals surface area contributed by atoms with E-state index >= 15 is 0 Å². The molecule has 1 saturated heterocycles. The van der Waals surface area contributed by atoms with Gasteiger partial charge in [-0.25, -0.2) is 0 Å². The van der Waals surface area contributed by atoms with Crippen LogP contribution in [0.5, 0.6) is 0 Å². The van der Waals surface area contributed by atoms with Crippen molar-refractivity contribution in [2.75, 3.05) is 19.8 Å². The number of carbonyl (C=O) groups excluding carboxylic acids is 1. The summed E-state index contributed by atoms with van der Waals surface area (Å²) < 4.78 is 5.24. The second-order valence-electron chi connectivity index (χ2n) is 5.52. The summed E-state index contributed by atoms with van der Waals surface area (Å²) in [6.45, 7) is 0.883. The third-order valence-electron chi connectivity index (χ3n) is 4.31. The topological polar surface area (TPSA) is 95.9 Å². The molecule has 108 valence electrons. The Morgan fingerprint density at radius 2 is 1.84 bits per heavy atom. The lowest BCUT2D eigenvalue weighted by molar-refractivity contribution is -0.147. The van der Waals surface area contributed by atoms with Crippen LogP contribution in [0, 0.1) is 11.8 Å². The van der Waals surface area contributed by atoms with E-state index in [2.05, 4.69) is 5.32 Å². The molecule has 6 nitrogen and oxygen atoms in total. The summed E-state index contributed by atoms with van der Waals surface area (Å²) in [4.78, 5) is 23.4. The molecule has 2 fully saturated rings. The Morgan fingerprint density at radius 3 is 2.42 bits per heavy atom. The van der Waals surface area contributed by atoms with Crippen LogP contribution in [0.4, 0.5) is 0 Å². The van der Waals surface area contributed by atoms with Crippen molar-refractivity contribution < 1.29 is 24.5 Å². The standard InChI is InChI=1S/C13H21NO5/c15-8-13(4-6-19-7-5-13)14-11(16)9-2-1-3-10(9)12(17)18/h9-10,15H,1-8H2,(H,14,16)(H,17,18)/t9-,10+/m1/s1. The molecule has 2 atom stereocenters. The highest BCUT2D eigenvalue weighted by atomic mass is 16.5. The van der Waals surface area contributed by atoms with Crippen LogP contribution >= 0.6 is 0 Å². The molecule has 0 spiro atoms. The van der Waals surface area contributed by atoms with Crippen LogP contribution in [0.15, 0.2) is 0 Å². The summed E-state index contributed by atoms with van der Waals surface area (Å²) in [6, 6.07) is 0. The Labute approximate surface area is 112 Å². The average Bonchev–Trinajstić information content (AvgIpc) is 2.89. The number of rotatable bonds is 4. The largest absolute Gasteiger partial charge is 0.481 e. The lowest BCUT2D eigenvalue weighted by atomic mass is 9.88. The van der Waals surface area contributed by atoms with E-state index in [0.29, 0.717) is 38.9 Å². The maximum absolute atomic E-state index is 12.3. The van der Waals surface area contributed by atoms with Gasteiger partial charge in [0.25, 0.3) is 0 Å². The van der Waals surface area contributed by atoms with Gasteiger partial charge in [-0.15, -0.1) is 0 Å². The quantitative estimate of drug-likeness (QED) is 0.676. The first-order valence-electron chi connectivity index (χ1n) is 6.81. The van der Waals surface area contributed by atoms with Crippen LogP contribution in [0.1, 0.15) is 32.1 Å². The van der Waals surface area contributed by atoms with Crippen molar-refractivity contribution in [3.63, 3.8) is 0 Å².